The number of furan rings is 1. The molecular weight excluding hydrogens is 435 g/mol. The van der Waals surface area contributed by atoms with E-state index in [1.165, 1.54) is 0 Å². The zero-order valence-corrected chi connectivity index (χ0v) is 18.8. The summed E-state index contributed by atoms with van der Waals surface area (Å²) >= 11 is 0. The summed E-state index contributed by atoms with van der Waals surface area (Å²) in [5.74, 6) is -0.0228. The maximum Gasteiger partial charge on any atom is 0.310 e. The van der Waals surface area contributed by atoms with Crippen molar-refractivity contribution in [3.8, 4) is 16.9 Å². The van der Waals surface area contributed by atoms with Gasteiger partial charge in [-0.2, -0.15) is 0 Å². The Bertz CT molecular complexity index is 1360. The molecule has 0 spiro atoms. The van der Waals surface area contributed by atoms with Gasteiger partial charge < -0.3 is 24.9 Å². The van der Waals surface area contributed by atoms with Gasteiger partial charge in [-0.1, -0.05) is 30.3 Å². The lowest BCUT2D eigenvalue weighted by atomic mass is 9.94. The first-order valence-electron chi connectivity index (χ1n) is 11.2. The molecule has 1 aromatic heterocycles. The highest BCUT2D eigenvalue weighted by Gasteiger charge is 2.26. The summed E-state index contributed by atoms with van der Waals surface area (Å²) < 4.78 is 32.2. The second-order valence-electron chi connectivity index (χ2n) is 8.19. The largest absolute Gasteiger partial charge is 0.481 e. The number of halogens is 1. The first kappa shape index (κ1) is 22.0. The number of rotatable bonds is 6. The molecule has 1 atom stereocenters. The molecule has 0 saturated carbocycles. The van der Waals surface area contributed by atoms with E-state index < -0.39 is 0 Å². The predicted octanol–water partition coefficient (Wildman–Crippen LogP) is 5.35. The molecule has 34 heavy (non-hydrogen) atoms. The Morgan fingerprint density at radius 1 is 1.15 bits per heavy atom. The van der Waals surface area contributed by atoms with Gasteiger partial charge in [0.05, 0.1) is 37.8 Å². The molecule has 0 bridgehead atoms. The van der Waals surface area contributed by atoms with Gasteiger partial charge in [0.25, 0.3) is 0 Å². The second kappa shape index (κ2) is 9.19. The lowest BCUT2D eigenvalue weighted by Crippen LogP contribution is -2.25. The van der Waals surface area contributed by atoms with Gasteiger partial charge in [-0.15, -0.1) is 0 Å². The van der Waals surface area contributed by atoms with Gasteiger partial charge in [0.15, 0.2) is 0 Å². The van der Waals surface area contributed by atoms with Crippen LogP contribution in [0.4, 0.5) is 10.1 Å². The van der Waals surface area contributed by atoms with Crippen molar-refractivity contribution in [2.45, 2.75) is 26.0 Å². The summed E-state index contributed by atoms with van der Waals surface area (Å²) in [6.45, 7) is 2.74. The number of carbonyl (C=O) groups excluding carboxylic acids is 1. The maximum absolute atomic E-state index is 15.2. The lowest BCUT2D eigenvalue weighted by Gasteiger charge is -2.29. The number of hydrogen-bond acceptors (Lipinski definition) is 6. The maximum atomic E-state index is 15.2. The van der Waals surface area contributed by atoms with Crippen LogP contribution in [0.2, 0.25) is 0 Å². The minimum absolute atomic E-state index is 0.115. The molecule has 5 rings (SSSR count). The zero-order chi connectivity index (χ0) is 23.7. The van der Waals surface area contributed by atoms with Crippen molar-refractivity contribution in [1.29, 1.82) is 0 Å². The van der Waals surface area contributed by atoms with E-state index in [0.29, 0.717) is 35.6 Å². The predicted molar refractivity (Wildman–Crippen MR) is 128 cm³/mol. The zero-order valence-electron chi connectivity index (χ0n) is 18.8. The molecule has 0 aliphatic carbocycles. The molecular formula is C27H25FN2O4. The van der Waals surface area contributed by atoms with Crippen molar-refractivity contribution in [2.24, 2.45) is 5.73 Å². The smallest absolute Gasteiger partial charge is 0.310 e. The van der Waals surface area contributed by atoms with Gasteiger partial charge in [-0.3, -0.25) is 4.79 Å². The molecule has 4 aromatic rings. The second-order valence-corrected chi connectivity index (χ2v) is 8.19. The van der Waals surface area contributed by atoms with Gasteiger partial charge in [-0.25, -0.2) is 4.39 Å². The van der Waals surface area contributed by atoms with Gasteiger partial charge in [0, 0.05) is 34.0 Å². The van der Waals surface area contributed by atoms with Gasteiger partial charge in [-0.05, 0) is 36.2 Å². The number of hydrogen-bond donors (Lipinski definition) is 2. The summed E-state index contributed by atoms with van der Waals surface area (Å²) in [6, 6.07) is 14.8. The van der Waals surface area contributed by atoms with E-state index in [9.17, 15) is 4.79 Å². The normalized spacial score (nSPS) is 14.9. The van der Waals surface area contributed by atoms with E-state index >= 15 is 4.39 Å². The van der Waals surface area contributed by atoms with Crippen LogP contribution in [0.5, 0.6) is 5.75 Å². The molecule has 1 aliphatic heterocycles. The third kappa shape index (κ3) is 3.99. The number of benzene rings is 3. The topological polar surface area (TPSA) is 86.7 Å². The number of nitrogens with two attached hydrogens (primary N) is 1. The number of para-hydroxylation sites is 1. The van der Waals surface area contributed by atoms with Crippen LogP contribution in [0.1, 0.15) is 29.7 Å². The van der Waals surface area contributed by atoms with Crippen LogP contribution in [0.15, 0.2) is 65.5 Å². The molecule has 0 fully saturated rings. The summed E-state index contributed by atoms with van der Waals surface area (Å²) in [4.78, 5) is 12.1. The van der Waals surface area contributed by atoms with Crippen LogP contribution in [0.25, 0.3) is 21.9 Å². The number of nitrogens with one attached hydrogen (secondary N) is 1. The molecule has 3 aromatic carbocycles. The SMILES string of the molecule is CCOC(=O)Cc1cccc2c1O[C@@H](c1cc(-c3cccc(CN)c3F)c3cocc3c1)CN2. The van der Waals surface area contributed by atoms with Crippen molar-refractivity contribution in [1.82, 2.24) is 0 Å². The number of ether oxygens (including phenoxy) is 2. The quantitative estimate of drug-likeness (QED) is 0.377. The van der Waals surface area contributed by atoms with Crippen LogP contribution in [-0.4, -0.2) is 19.1 Å². The fourth-order valence-electron chi connectivity index (χ4n) is 4.40. The van der Waals surface area contributed by atoms with Crippen molar-refractivity contribution >= 4 is 22.4 Å². The summed E-state index contributed by atoms with van der Waals surface area (Å²) in [7, 11) is 0. The third-order valence-electron chi connectivity index (χ3n) is 6.05. The molecule has 6 nitrogen and oxygen atoms in total. The van der Waals surface area contributed by atoms with E-state index in [-0.39, 0.29) is 30.9 Å². The van der Waals surface area contributed by atoms with Crippen molar-refractivity contribution in [2.75, 3.05) is 18.5 Å². The fraction of sp³-hybridized carbons (Fsp3) is 0.222. The Labute approximate surface area is 196 Å². The minimum Gasteiger partial charge on any atom is -0.481 e. The summed E-state index contributed by atoms with van der Waals surface area (Å²) in [6.07, 6.45) is 3.03. The number of carbonyl (C=O) groups is 1. The van der Waals surface area contributed by atoms with E-state index in [4.69, 9.17) is 19.6 Å². The Kier molecular flexibility index (Phi) is 5.94. The highest BCUT2D eigenvalue weighted by atomic mass is 19.1. The Morgan fingerprint density at radius 3 is 2.79 bits per heavy atom. The van der Waals surface area contributed by atoms with Crippen LogP contribution in [-0.2, 0) is 22.5 Å². The molecule has 174 valence electrons. The average molecular weight is 461 g/mol. The summed E-state index contributed by atoms with van der Waals surface area (Å²) in [5, 5.41) is 5.05. The first-order chi connectivity index (χ1) is 16.6. The Hall–Kier alpha value is -3.84. The van der Waals surface area contributed by atoms with Crippen molar-refractivity contribution < 1.29 is 23.1 Å². The lowest BCUT2D eigenvalue weighted by molar-refractivity contribution is -0.142. The minimum atomic E-state index is -0.352. The van der Waals surface area contributed by atoms with Crippen LogP contribution in [0, 0.1) is 5.82 Å². The highest BCUT2D eigenvalue weighted by molar-refractivity contribution is 5.97. The number of anilines is 1. The first-order valence-corrected chi connectivity index (χ1v) is 11.2. The van der Waals surface area contributed by atoms with E-state index in [1.54, 1.807) is 37.6 Å². The average Bonchev–Trinajstić information content (AvgIpc) is 3.33. The monoisotopic (exact) mass is 460 g/mol. The van der Waals surface area contributed by atoms with Gasteiger partial charge in [0.1, 0.15) is 17.7 Å². The molecule has 0 saturated heterocycles. The van der Waals surface area contributed by atoms with E-state index in [0.717, 1.165) is 27.6 Å². The molecule has 1 aliphatic rings. The molecule has 0 radical (unpaired) electrons. The van der Waals surface area contributed by atoms with Gasteiger partial charge >= 0.3 is 5.97 Å². The van der Waals surface area contributed by atoms with Crippen molar-refractivity contribution in [3.63, 3.8) is 0 Å². The van der Waals surface area contributed by atoms with E-state index in [1.807, 2.05) is 30.3 Å². The highest BCUT2D eigenvalue weighted by Crippen LogP contribution is 2.40. The third-order valence-corrected chi connectivity index (χ3v) is 6.05. The Balaban J connectivity index is 1.54. The molecule has 3 N–H and O–H groups in total. The van der Waals surface area contributed by atoms with E-state index in [2.05, 4.69) is 5.32 Å². The van der Waals surface area contributed by atoms with Gasteiger partial charge in [0.2, 0.25) is 0 Å². The van der Waals surface area contributed by atoms with Crippen LogP contribution < -0.4 is 15.8 Å². The number of esters is 1. The summed E-state index contributed by atoms with van der Waals surface area (Å²) in [5.41, 5.74) is 9.79. The van der Waals surface area contributed by atoms with Crippen LogP contribution >= 0.6 is 0 Å². The Morgan fingerprint density at radius 2 is 1.97 bits per heavy atom. The fourth-order valence-corrected chi connectivity index (χ4v) is 4.40. The number of fused-ring (bicyclic) bond motifs is 2. The molecule has 2 heterocycles. The molecule has 0 amide bonds. The molecule has 0 unspecified atom stereocenters. The van der Waals surface area contributed by atoms with Crippen LogP contribution in [0.3, 0.4) is 0 Å². The van der Waals surface area contributed by atoms with Crippen molar-refractivity contribution in [3.05, 3.63) is 83.6 Å². The molecule has 7 heteroatoms. The standard InChI is InChI=1S/C27H25FN2O4/c1-2-33-25(31)11-16-5-4-8-23-27(16)34-24(13-30-23)18-9-19-14-32-15-22(19)21(10-18)20-7-3-6-17(12-29)26(20)28/h3-10,14-15,24,30H,2,11-13,29H2,1H3/t24-/m1/s1.